The summed E-state index contributed by atoms with van der Waals surface area (Å²) in [7, 11) is 0. The second-order valence-corrected chi connectivity index (χ2v) is 6.98. The molecule has 1 atom stereocenters. The van der Waals surface area contributed by atoms with Crippen LogP contribution in [0.1, 0.15) is 33.0 Å². The number of amides is 1. The Morgan fingerprint density at radius 1 is 1.35 bits per heavy atom. The van der Waals surface area contributed by atoms with E-state index < -0.39 is 6.04 Å². The van der Waals surface area contributed by atoms with Gasteiger partial charge < -0.3 is 14.3 Å². The van der Waals surface area contributed by atoms with Crippen LogP contribution in [0.3, 0.4) is 0 Å². The van der Waals surface area contributed by atoms with E-state index in [2.05, 4.69) is 15.0 Å². The molecular weight excluding hydrogens is 355 g/mol. The Labute approximate surface area is 151 Å². The van der Waals surface area contributed by atoms with E-state index >= 15 is 0 Å². The van der Waals surface area contributed by atoms with Crippen molar-refractivity contribution in [2.75, 3.05) is 6.54 Å². The molecule has 0 aliphatic carbocycles. The topological polar surface area (TPSA) is 75.0 Å². The van der Waals surface area contributed by atoms with Crippen LogP contribution in [0.4, 0.5) is 4.39 Å². The Hall–Kier alpha value is -3.00. The molecule has 3 aromatic heterocycles. The fourth-order valence-corrected chi connectivity index (χ4v) is 4.00. The van der Waals surface area contributed by atoms with Crippen molar-refractivity contribution in [3.63, 3.8) is 0 Å². The number of H-pyrrole nitrogens is 1. The van der Waals surface area contributed by atoms with Gasteiger partial charge in [0.25, 0.3) is 5.91 Å². The maximum Gasteiger partial charge on any atom is 0.283 e. The lowest BCUT2D eigenvalue weighted by atomic mass is 10.00. The molecule has 0 bridgehead atoms. The minimum Gasteiger partial charge on any atom is -0.458 e. The normalized spacial score (nSPS) is 16.8. The van der Waals surface area contributed by atoms with Gasteiger partial charge in [-0.1, -0.05) is 0 Å². The van der Waals surface area contributed by atoms with Crippen molar-refractivity contribution in [2.45, 2.75) is 12.5 Å². The SMILES string of the molecule is O=C(c1nccs1)N1CCc2[nH]cnc2[C@@H]1c1cc2cc(F)ccc2o1. The molecule has 1 aliphatic heterocycles. The quantitative estimate of drug-likeness (QED) is 0.587. The van der Waals surface area contributed by atoms with Crippen molar-refractivity contribution >= 4 is 28.2 Å². The summed E-state index contributed by atoms with van der Waals surface area (Å²) in [5.74, 6) is 0.0681. The fraction of sp³-hybridized carbons (Fsp3) is 0.167. The predicted octanol–water partition coefficient (Wildman–Crippen LogP) is 3.54. The van der Waals surface area contributed by atoms with E-state index in [1.54, 1.807) is 34.9 Å². The minimum atomic E-state index is -0.475. The molecule has 0 spiro atoms. The highest BCUT2D eigenvalue weighted by molar-refractivity contribution is 7.11. The monoisotopic (exact) mass is 368 g/mol. The van der Waals surface area contributed by atoms with Crippen molar-refractivity contribution in [3.05, 3.63) is 70.1 Å². The van der Waals surface area contributed by atoms with Crippen molar-refractivity contribution in [3.8, 4) is 0 Å². The van der Waals surface area contributed by atoms with Gasteiger partial charge in [0.2, 0.25) is 0 Å². The van der Waals surface area contributed by atoms with Gasteiger partial charge in [0.15, 0.2) is 5.01 Å². The molecule has 130 valence electrons. The van der Waals surface area contributed by atoms with Gasteiger partial charge in [-0.25, -0.2) is 14.4 Å². The molecule has 26 heavy (non-hydrogen) atoms. The Balaban J connectivity index is 1.64. The number of halogens is 1. The average molecular weight is 368 g/mol. The van der Waals surface area contributed by atoms with E-state index in [1.807, 2.05) is 0 Å². The van der Waals surface area contributed by atoms with Crippen LogP contribution in [0.15, 0.2) is 46.6 Å². The van der Waals surface area contributed by atoms with Crippen LogP contribution in [-0.2, 0) is 6.42 Å². The molecular formula is C18H13FN4O2S. The number of nitrogens with zero attached hydrogens (tertiary/aromatic N) is 3. The van der Waals surface area contributed by atoms with Crippen molar-refractivity contribution in [2.24, 2.45) is 0 Å². The summed E-state index contributed by atoms with van der Waals surface area (Å²) in [6, 6.07) is 5.67. The van der Waals surface area contributed by atoms with Gasteiger partial charge in [-0.2, -0.15) is 0 Å². The van der Waals surface area contributed by atoms with Crippen LogP contribution >= 0.6 is 11.3 Å². The number of furan rings is 1. The van der Waals surface area contributed by atoms with Crippen LogP contribution in [0.2, 0.25) is 0 Å². The largest absolute Gasteiger partial charge is 0.458 e. The number of fused-ring (bicyclic) bond motifs is 2. The Bertz CT molecular complexity index is 1100. The zero-order valence-corrected chi connectivity index (χ0v) is 14.3. The lowest BCUT2D eigenvalue weighted by molar-refractivity contribution is 0.0672. The van der Waals surface area contributed by atoms with Crippen molar-refractivity contribution in [1.29, 1.82) is 0 Å². The van der Waals surface area contributed by atoms with E-state index in [9.17, 15) is 9.18 Å². The third kappa shape index (κ3) is 2.33. The van der Waals surface area contributed by atoms with Gasteiger partial charge >= 0.3 is 0 Å². The zero-order valence-electron chi connectivity index (χ0n) is 13.5. The van der Waals surface area contributed by atoms with E-state index in [-0.39, 0.29) is 11.7 Å². The zero-order chi connectivity index (χ0) is 17.7. The predicted molar refractivity (Wildman–Crippen MR) is 93.5 cm³/mol. The van der Waals surface area contributed by atoms with Gasteiger partial charge in [-0.15, -0.1) is 11.3 Å². The van der Waals surface area contributed by atoms with E-state index in [0.717, 1.165) is 11.4 Å². The number of aromatic nitrogens is 3. The van der Waals surface area contributed by atoms with Gasteiger partial charge in [-0.3, -0.25) is 4.79 Å². The smallest absolute Gasteiger partial charge is 0.283 e. The minimum absolute atomic E-state index is 0.162. The first kappa shape index (κ1) is 15.3. The maximum atomic E-state index is 13.5. The first-order valence-corrected chi connectivity index (χ1v) is 9.00. The highest BCUT2D eigenvalue weighted by atomic mass is 32.1. The lowest BCUT2D eigenvalue weighted by Gasteiger charge is -2.33. The van der Waals surface area contributed by atoms with Crippen LogP contribution in [0, 0.1) is 5.82 Å². The summed E-state index contributed by atoms with van der Waals surface area (Å²) < 4.78 is 19.5. The third-order valence-electron chi connectivity index (χ3n) is 4.57. The molecule has 0 saturated heterocycles. The summed E-state index contributed by atoms with van der Waals surface area (Å²) in [6.45, 7) is 0.518. The second kappa shape index (κ2) is 5.77. The molecule has 5 rings (SSSR count). The molecule has 1 aromatic carbocycles. The maximum absolute atomic E-state index is 13.5. The van der Waals surface area contributed by atoms with Crippen LogP contribution in [0.5, 0.6) is 0 Å². The molecule has 0 radical (unpaired) electrons. The lowest BCUT2D eigenvalue weighted by Crippen LogP contribution is -2.40. The number of imidazole rings is 1. The van der Waals surface area contributed by atoms with Gasteiger partial charge in [0.1, 0.15) is 23.2 Å². The van der Waals surface area contributed by atoms with E-state index in [4.69, 9.17) is 4.42 Å². The number of carbonyl (C=O) groups excluding carboxylic acids is 1. The second-order valence-electron chi connectivity index (χ2n) is 6.09. The number of hydrogen-bond acceptors (Lipinski definition) is 5. The number of nitrogens with one attached hydrogen (secondary N) is 1. The molecule has 4 heterocycles. The Kier molecular flexibility index (Phi) is 3.39. The molecule has 1 N–H and O–H groups in total. The summed E-state index contributed by atoms with van der Waals surface area (Å²) in [6.07, 6.45) is 3.91. The number of aromatic amines is 1. The number of thiazole rings is 1. The first-order valence-electron chi connectivity index (χ1n) is 8.12. The summed E-state index contributed by atoms with van der Waals surface area (Å²) in [5, 5.41) is 2.86. The van der Waals surface area contributed by atoms with Crippen molar-refractivity contribution < 1.29 is 13.6 Å². The summed E-state index contributed by atoms with van der Waals surface area (Å²) in [5.41, 5.74) is 2.30. The first-order chi connectivity index (χ1) is 12.7. The van der Waals surface area contributed by atoms with Gasteiger partial charge in [-0.05, 0) is 24.3 Å². The number of carbonyl (C=O) groups is 1. The van der Waals surface area contributed by atoms with Crippen molar-refractivity contribution in [1.82, 2.24) is 19.9 Å². The molecule has 1 amide bonds. The fourth-order valence-electron chi connectivity index (χ4n) is 3.40. The molecule has 1 aliphatic rings. The number of rotatable bonds is 2. The van der Waals surface area contributed by atoms with Gasteiger partial charge in [0.05, 0.1) is 12.0 Å². The Morgan fingerprint density at radius 2 is 2.27 bits per heavy atom. The Morgan fingerprint density at radius 3 is 3.12 bits per heavy atom. The highest BCUT2D eigenvalue weighted by Gasteiger charge is 2.37. The summed E-state index contributed by atoms with van der Waals surface area (Å²) in [4.78, 5) is 26.4. The molecule has 8 heteroatoms. The number of benzene rings is 1. The van der Waals surface area contributed by atoms with E-state index in [1.165, 1.54) is 23.5 Å². The summed E-state index contributed by atoms with van der Waals surface area (Å²) >= 11 is 1.30. The van der Waals surface area contributed by atoms with Crippen LogP contribution in [-0.4, -0.2) is 32.3 Å². The third-order valence-corrected chi connectivity index (χ3v) is 5.33. The van der Waals surface area contributed by atoms with Crippen LogP contribution in [0.25, 0.3) is 11.0 Å². The van der Waals surface area contributed by atoms with Crippen LogP contribution < -0.4 is 0 Å². The van der Waals surface area contributed by atoms with Gasteiger partial charge in [0, 0.05) is 35.6 Å². The molecule has 0 fully saturated rings. The molecule has 0 unspecified atom stereocenters. The number of hydrogen-bond donors (Lipinski definition) is 1. The average Bonchev–Trinajstić information content (AvgIpc) is 3.38. The molecule has 0 saturated carbocycles. The van der Waals surface area contributed by atoms with E-state index in [0.29, 0.717) is 34.7 Å². The molecule has 6 nitrogen and oxygen atoms in total. The highest BCUT2D eigenvalue weighted by Crippen LogP contribution is 2.37. The standard InChI is InChI=1S/C18H13FN4O2S/c19-11-1-2-13-10(7-11)8-14(25-13)16-15-12(21-9-22-15)3-5-23(16)18(24)17-20-4-6-26-17/h1-2,4,6-9,16H,3,5H2,(H,21,22)/t16-/m0/s1. The molecule has 4 aromatic rings.